The molecule has 3 nitrogen and oxygen atoms in total. The highest BCUT2D eigenvalue weighted by Crippen LogP contribution is 2.44. The first kappa shape index (κ1) is 13.9. The van der Waals surface area contributed by atoms with Crippen molar-refractivity contribution in [3.8, 4) is 0 Å². The lowest BCUT2D eigenvalue weighted by Gasteiger charge is -2.23. The summed E-state index contributed by atoms with van der Waals surface area (Å²) in [5.41, 5.74) is 1.52. The van der Waals surface area contributed by atoms with Crippen molar-refractivity contribution in [3.05, 3.63) is 65.7 Å². The van der Waals surface area contributed by atoms with Gasteiger partial charge in [0.2, 0.25) is 0 Å². The molecular formula is C17H14O3S. The van der Waals surface area contributed by atoms with Crippen LogP contribution < -0.4 is 0 Å². The average molecular weight is 298 g/mol. The van der Waals surface area contributed by atoms with Gasteiger partial charge < -0.3 is 4.74 Å². The third-order valence-electron chi connectivity index (χ3n) is 3.62. The molecule has 0 fully saturated rings. The number of esters is 1. The molecule has 21 heavy (non-hydrogen) atoms. The minimum Gasteiger partial charge on any atom is -0.468 e. The van der Waals surface area contributed by atoms with E-state index in [2.05, 4.69) is 0 Å². The van der Waals surface area contributed by atoms with Crippen molar-refractivity contribution in [2.75, 3.05) is 7.11 Å². The van der Waals surface area contributed by atoms with Crippen LogP contribution in [0.15, 0.2) is 59.5 Å². The Morgan fingerprint density at radius 1 is 1.10 bits per heavy atom. The second-order valence-corrected chi connectivity index (χ2v) is 6.27. The largest absolute Gasteiger partial charge is 0.468 e. The molecule has 0 aliphatic heterocycles. The second kappa shape index (κ2) is 5.37. The molecule has 106 valence electrons. The summed E-state index contributed by atoms with van der Waals surface area (Å²) in [6, 6.07) is 16.8. The van der Waals surface area contributed by atoms with E-state index in [1.807, 2.05) is 48.5 Å². The summed E-state index contributed by atoms with van der Waals surface area (Å²) >= 11 is 1.27. The van der Waals surface area contributed by atoms with Gasteiger partial charge in [-0.3, -0.25) is 9.59 Å². The Labute approximate surface area is 127 Å². The Kier molecular flexibility index (Phi) is 3.55. The number of rotatable bonds is 3. The van der Waals surface area contributed by atoms with Crippen LogP contribution in [0.5, 0.6) is 0 Å². The first-order valence-electron chi connectivity index (χ1n) is 6.62. The van der Waals surface area contributed by atoms with Gasteiger partial charge in [-0.2, -0.15) is 0 Å². The smallest absolute Gasteiger partial charge is 0.330 e. The lowest BCUT2D eigenvalue weighted by Crippen LogP contribution is -2.42. The number of ketones is 1. The molecule has 3 rings (SSSR count). The zero-order valence-corrected chi connectivity index (χ0v) is 12.4. The molecule has 0 unspecified atom stereocenters. The van der Waals surface area contributed by atoms with E-state index in [-0.39, 0.29) is 5.78 Å². The third kappa shape index (κ3) is 2.25. The Hall–Kier alpha value is -2.07. The number of thioether (sulfide) groups is 1. The first-order valence-corrected chi connectivity index (χ1v) is 7.44. The van der Waals surface area contributed by atoms with Gasteiger partial charge in [-0.05, 0) is 17.7 Å². The van der Waals surface area contributed by atoms with Gasteiger partial charge in [0.15, 0.2) is 10.5 Å². The van der Waals surface area contributed by atoms with Gasteiger partial charge in [0.1, 0.15) is 0 Å². The summed E-state index contributed by atoms with van der Waals surface area (Å²) in [7, 11) is 1.33. The molecule has 0 N–H and O–H groups in total. The van der Waals surface area contributed by atoms with E-state index < -0.39 is 10.7 Å². The van der Waals surface area contributed by atoms with Crippen LogP contribution in [0.1, 0.15) is 15.9 Å². The maximum Gasteiger partial charge on any atom is 0.330 e. The number of methoxy groups -OCH3 is 1. The molecule has 4 heteroatoms. The van der Waals surface area contributed by atoms with Crippen LogP contribution in [-0.4, -0.2) is 23.6 Å². The second-order valence-electron chi connectivity index (χ2n) is 4.90. The zero-order valence-electron chi connectivity index (χ0n) is 11.5. The highest BCUT2D eigenvalue weighted by atomic mass is 32.2. The average Bonchev–Trinajstić information content (AvgIpc) is 2.81. The van der Waals surface area contributed by atoms with Gasteiger partial charge in [0.25, 0.3) is 0 Å². The van der Waals surface area contributed by atoms with Gasteiger partial charge in [0.05, 0.1) is 7.11 Å². The number of hydrogen-bond acceptors (Lipinski definition) is 4. The van der Waals surface area contributed by atoms with Crippen molar-refractivity contribution >= 4 is 23.5 Å². The quantitative estimate of drug-likeness (QED) is 0.645. The molecule has 1 aliphatic rings. The summed E-state index contributed by atoms with van der Waals surface area (Å²) in [5, 5.41) is 0. The minimum atomic E-state index is -1.21. The van der Waals surface area contributed by atoms with E-state index in [9.17, 15) is 9.59 Å². The molecule has 2 aromatic carbocycles. The van der Waals surface area contributed by atoms with E-state index in [0.717, 1.165) is 10.5 Å². The molecule has 0 heterocycles. The van der Waals surface area contributed by atoms with E-state index >= 15 is 0 Å². The molecule has 0 saturated heterocycles. The molecule has 1 atom stereocenters. The minimum absolute atomic E-state index is 0.168. The fraction of sp³-hybridized carbons (Fsp3) is 0.176. The molecule has 0 amide bonds. The van der Waals surface area contributed by atoms with Crippen LogP contribution in [0.4, 0.5) is 0 Å². The van der Waals surface area contributed by atoms with E-state index in [4.69, 9.17) is 4.74 Å². The van der Waals surface area contributed by atoms with E-state index in [1.54, 1.807) is 6.07 Å². The molecule has 0 radical (unpaired) electrons. The third-order valence-corrected chi connectivity index (χ3v) is 4.97. The van der Waals surface area contributed by atoms with E-state index in [0.29, 0.717) is 12.0 Å². The monoisotopic (exact) mass is 298 g/mol. The van der Waals surface area contributed by atoms with Crippen LogP contribution in [0.2, 0.25) is 0 Å². The normalized spacial score (nSPS) is 20.1. The number of ether oxygens (including phenoxy) is 1. The Balaban J connectivity index is 2.05. The number of hydrogen-bond donors (Lipinski definition) is 0. The van der Waals surface area contributed by atoms with Crippen molar-refractivity contribution in [1.82, 2.24) is 0 Å². The lowest BCUT2D eigenvalue weighted by molar-refractivity contribution is -0.141. The maximum atomic E-state index is 12.8. The summed E-state index contributed by atoms with van der Waals surface area (Å²) < 4.78 is 3.72. The molecule has 0 saturated carbocycles. The Morgan fingerprint density at radius 3 is 2.43 bits per heavy atom. The van der Waals surface area contributed by atoms with E-state index in [1.165, 1.54) is 18.9 Å². The molecule has 0 spiro atoms. The highest BCUT2D eigenvalue weighted by Gasteiger charge is 2.53. The standard InChI is InChI=1S/C17H14O3S/c1-20-16(19)17(21-13-8-3-2-4-9-13)11-12-7-5-6-10-14(12)15(17)18/h2-10H,11H2,1H3/t17-/m0/s1. The molecular weight excluding hydrogens is 284 g/mol. The molecule has 0 bridgehead atoms. The van der Waals surface area contributed by atoms with Crippen molar-refractivity contribution in [2.24, 2.45) is 0 Å². The SMILES string of the molecule is COC(=O)[C@]1(Sc2ccccc2)Cc2ccccc2C1=O. The summed E-state index contributed by atoms with van der Waals surface area (Å²) in [6.07, 6.45) is 0.369. The highest BCUT2D eigenvalue weighted by molar-refractivity contribution is 8.02. The summed E-state index contributed by atoms with van der Waals surface area (Å²) in [5.74, 6) is -0.656. The fourth-order valence-electron chi connectivity index (χ4n) is 2.61. The van der Waals surface area contributed by atoms with Crippen LogP contribution >= 0.6 is 11.8 Å². The zero-order chi connectivity index (χ0) is 14.9. The molecule has 0 aromatic heterocycles. The van der Waals surface area contributed by atoms with Crippen molar-refractivity contribution in [1.29, 1.82) is 0 Å². The van der Waals surface area contributed by atoms with Gasteiger partial charge in [0, 0.05) is 16.9 Å². The number of carbonyl (C=O) groups excluding carboxylic acids is 2. The maximum absolute atomic E-state index is 12.8. The summed E-state index contributed by atoms with van der Waals surface area (Å²) in [4.78, 5) is 26.0. The molecule has 2 aromatic rings. The number of fused-ring (bicyclic) bond motifs is 1. The van der Waals surface area contributed by atoms with Gasteiger partial charge in [-0.15, -0.1) is 0 Å². The predicted octanol–water partition coefficient (Wildman–Crippen LogP) is 3.13. The summed E-state index contributed by atoms with van der Waals surface area (Å²) in [6.45, 7) is 0. The Morgan fingerprint density at radius 2 is 1.76 bits per heavy atom. The topological polar surface area (TPSA) is 43.4 Å². The van der Waals surface area contributed by atoms with Gasteiger partial charge in [-0.25, -0.2) is 0 Å². The number of carbonyl (C=O) groups is 2. The number of Topliss-reactive ketones (excluding diaryl/α,β-unsaturated/α-hetero) is 1. The lowest BCUT2D eigenvalue weighted by atomic mass is 10.0. The van der Waals surface area contributed by atoms with Gasteiger partial charge >= 0.3 is 5.97 Å². The van der Waals surface area contributed by atoms with Crippen molar-refractivity contribution in [3.63, 3.8) is 0 Å². The Bertz CT molecular complexity index is 696. The fourth-order valence-corrected chi connectivity index (χ4v) is 3.90. The van der Waals surface area contributed by atoms with Gasteiger partial charge in [-0.1, -0.05) is 54.2 Å². The first-order chi connectivity index (χ1) is 10.2. The van der Waals surface area contributed by atoms with Crippen LogP contribution in [0, 0.1) is 0 Å². The molecule has 1 aliphatic carbocycles. The predicted molar refractivity (Wildman–Crippen MR) is 81.5 cm³/mol. The van der Waals surface area contributed by atoms with Crippen LogP contribution in [0.3, 0.4) is 0 Å². The number of benzene rings is 2. The van der Waals surface area contributed by atoms with Crippen LogP contribution in [-0.2, 0) is 16.0 Å². The van der Waals surface area contributed by atoms with Crippen LogP contribution in [0.25, 0.3) is 0 Å². The van der Waals surface area contributed by atoms with Crippen molar-refractivity contribution in [2.45, 2.75) is 16.1 Å². The van der Waals surface area contributed by atoms with Crippen molar-refractivity contribution < 1.29 is 14.3 Å².